The molecule has 4 nitrogen and oxygen atoms in total. The Bertz CT molecular complexity index is 412. The van der Waals surface area contributed by atoms with E-state index in [1.54, 1.807) is 0 Å². The van der Waals surface area contributed by atoms with Crippen molar-refractivity contribution in [1.82, 2.24) is 14.9 Å². The smallest absolute Gasteiger partial charge is 0.271 e. The standard InChI is InChI=1S/C19H35N3O/c1-4-7-10-13-18-21-17(16-22(18)15-12-9-6-3)19(23)20-14-11-8-5-2/h16H,4-15H2,1-3H3,(H,20,23). The van der Waals surface area contributed by atoms with E-state index in [-0.39, 0.29) is 5.91 Å². The molecule has 1 heterocycles. The molecule has 0 aliphatic carbocycles. The Morgan fingerprint density at radius 2 is 1.65 bits per heavy atom. The van der Waals surface area contributed by atoms with Crippen LogP contribution in [0.5, 0.6) is 0 Å². The quantitative estimate of drug-likeness (QED) is 0.534. The minimum Gasteiger partial charge on any atom is -0.351 e. The molecule has 132 valence electrons. The number of imidazole rings is 1. The maximum Gasteiger partial charge on any atom is 0.271 e. The molecule has 0 atom stereocenters. The van der Waals surface area contributed by atoms with Crippen molar-refractivity contribution in [2.24, 2.45) is 0 Å². The topological polar surface area (TPSA) is 46.9 Å². The number of amides is 1. The van der Waals surface area contributed by atoms with Crippen LogP contribution in [0.1, 0.15) is 94.9 Å². The third-order valence-corrected chi connectivity index (χ3v) is 4.16. The SMILES string of the molecule is CCCCCNC(=O)c1cn(CCCCC)c(CCCCC)n1. The molecule has 23 heavy (non-hydrogen) atoms. The fourth-order valence-electron chi connectivity index (χ4n) is 2.69. The van der Waals surface area contributed by atoms with Crippen LogP contribution in [0.15, 0.2) is 6.20 Å². The molecule has 1 rings (SSSR count). The van der Waals surface area contributed by atoms with Crippen LogP contribution in [0.3, 0.4) is 0 Å². The lowest BCUT2D eigenvalue weighted by atomic mass is 10.2. The fraction of sp³-hybridized carbons (Fsp3) is 0.789. The summed E-state index contributed by atoms with van der Waals surface area (Å²) in [6, 6.07) is 0. The summed E-state index contributed by atoms with van der Waals surface area (Å²) >= 11 is 0. The lowest BCUT2D eigenvalue weighted by molar-refractivity contribution is 0.0948. The molecule has 0 saturated heterocycles. The molecule has 1 N–H and O–H groups in total. The summed E-state index contributed by atoms with van der Waals surface area (Å²) < 4.78 is 2.20. The van der Waals surface area contributed by atoms with Crippen LogP contribution in [-0.2, 0) is 13.0 Å². The summed E-state index contributed by atoms with van der Waals surface area (Å²) in [4.78, 5) is 16.9. The molecule has 0 radical (unpaired) electrons. The Labute approximate surface area is 142 Å². The molecule has 1 amide bonds. The summed E-state index contributed by atoms with van der Waals surface area (Å²) in [5.74, 6) is 1.06. The molecule has 0 spiro atoms. The van der Waals surface area contributed by atoms with Crippen molar-refractivity contribution in [2.45, 2.75) is 91.5 Å². The van der Waals surface area contributed by atoms with E-state index in [0.717, 1.165) is 51.0 Å². The van der Waals surface area contributed by atoms with Gasteiger partial charge in [-0.2, -0.15) is 0 Å². The lowest BCUT2D eigenvalue weighted by Gasteiger charge is -2.06. The molecular weight excluding hydrogens is 286 g/mol. The molecule has 0 aliphatic heterocycles. The van der Waals surface area contributed by atoms with Crippen molar-refractivity contribution in [3.05, 3.63) is 17.7 Å². The highest BCUT2D eigenvalue weighted by atomic mass is 16.1. The molecule has 0 unspecified atom stereocenters. The molecule has 4 heteroatoms. The third kappa shape index (κ3) is 7.67. The first-order valence-electron chi connectivity index (χ1n) is 9.57. The van der Waals surface area contributed by atoms with Gasteiger partial charge < -0.3 is 9.88 Å². The van der Waals surface area contributed by atoms with Gasteiger partial charge in [0.2, 0.25) is 0 Å². The summed E-state index contributed by atoms with van der Waals surface area (Å²) in [5.41, 5.74) is 0.587. The third-order valence-electron chi connectivity index (χ3n) is 4.16. The fourth-order valence-corrected chi connectivity index (χ4v) is 2.69. The highest BCUT2D eigenvalue weighted by Gasteiger charge is 2.13. The number of nitrogens with one attached hydrogen (secondary N) is 1. The second-order valence-corrected chi connectivity index (χ2v) is 6.36. The molecule has 0 fully saturated rings. The van der Waals surface area contributed by atoms with Crippen LogP contribution in [0.4, 0.5) is 0 Å². The molecule has 0 aromatic carbocycles. The van der Waals surface area contributed by atoms with Gasteiger partial charge in [-0.25, -0.2) is 4.98 Å². The predicted molar refractivity (Wildman–Crippen MR) is 96.8 cm³/mol. The molecule has 0 aliphatic rings. The van der Waals surface area contributed by atoms with E-state index in [9.17, 15) is 4.79 Å². The first-order chi connectivity index (χ1) is 11.2. The lowest BCUT2D eigenvalue weighted by Crippen LogP contribution is -2.24. The van der Waals surface area contributed by atoms with E-state index >= 15 is 0 Å². The number of hydrogen-bond donors (Lipinski definition) is 1. The highest BCUT2D eigenvalue weighted by molar-refractivity contribution is 5.92. The molecule has 0 bridgehead atoms. The molecule has 0 saturated carbocycles. The second kappa shape index (κ2) is 12.1. The Morgan fingerprint density at radius 1 is 1.00 bits per heavy atom. The predicted octanol–water partition coefficient (Wildman–Crippen LogP) is 4.73. The van der Waals surface area contributed by atoms with Crippen LogP contribution < -0.4 is 5.32 Å². The summed E-state index contributed by atoms with van der Waals surface area (Å²) in [5, 5.41) is 2.99. The number of unbranched alkanes of at least 4 members (excludes halogenated alkanes) is 6. The van der Waals surface area contributed by atoms with E-state index in [1.165, 1.54) is 32.1 Å². The zero-order chi connectivity index (χ0) is 16.9. The van der Waals surface area contributed by atoms with Crippen LogP contribution in [0.25, 0.3) is 0 Å². The van der Waals surface area contributed by atoms with E-state index in [4.69, 9.17) is 0 Å². The van der Waals surface area contributed by atoms with Crippen molar-refractivity contribution >= 4 is 5.91 Å². The number of carbonyl (C=O) groups is 1. The normalized spacial score (nSPS) is 10.9. The maximum absolute atomic E-state index is 12.2. The van der Waals surface area contributed by atoms with Gasteiger partial charge in [0.25, 0.3) is 5.91 Å². The average Bonchev–Trinajstić information content (AvgIpc) is 2.95. The highest BCUT2D eigenvalue weighted by Crippen LogP contribution is 2.11. The number of nitrogens with zero attached hydrogens (tertiary/aromatic N) is 2. The second-order valence-electron chi connectivity index (χ2n) is 6.36. The average molecular weight is 322 g/mol. The van der Waals surface area contributed by atoms with E-state index in [1.807, 2.05) is 6.20 Å². The van der Waals surface area contributed by atoms with Crippen molar-refractivity contribution in [2.75, 3.05) is 6.54 Å². The number of hydrogen-bond acceptors (Lipinski definition) is 2. The Balaban J connectivity index is 2.63. The van der Waals surface area contributed by atoms with Crippen molar-refractivity contribution in [1.29, 1.82) is 0 Å². The minimum absolute atomic E-state index is 0.0212. The zero-order valence-corrected chi connectivity index (χ0v) is 15.4. The van der Waals surface area contributed by atoms with Crippen molar-refractivity contribution in [3.8, 4) is 0 Å². The van der Waals surface area contributed by atoms with Gasteiger partial charge in [-0.05, 0) is 19.3 Å². The largest absolute Gasteiger partial charge is 0.351 e. The first-order valence-corrected chi connectivity index (χ1v) is 9.57. The number of aryl methyl sites for hydroxylation is 2. The van der Waals surface area contributed by atoms with Crippen molar-refractivity contribution in [3.63, 3.8) is 0 Å². The molecule has 1 aromatic heterocycles. The van der Waals surface area contributed by atoms with Gasteiger partial charge in [-0.1, -0.05) is 59.3 Å². The van der Waals surface area contributed by atoms with Gasteiger partial charge in [0, 0.05) is 25.7 Å². The number of carbonyl (C=O) groups excluding carboxylic acids is 1. The Kier molecular flexibility index (Phi) is 10.4. The van der Waals surface area contributed by atoms with Crippen LogP contribution in [0, 0.1) is 0 Å². The summed E-state index contributed by atoms with van der Waals surface area (Å²) in [6.45, 7) is 8.32. The van der Waals surface area contributed by atoms with Gasteiger partial charge in [0.1, 0.15) is 11.5 Å². The zero-order valence-electron chi connectivity index (χ0n) is 15.4. The van der Waals surface area contributed by atoms with Gasteiger partial charge >= 0.3 is 0 Å². The van der Waals surface area contributed by atoms with Gasteiger partial charge in [-0.15, -0.1) is 0 Å². The van der Waals surface area contributed by atoms with E-state index in [2.05, 4.69) is 35.6 Å². The number of aromatic nitrogens is 2. The minimum atomic E-state index is -0.0212. The Hall–Kier alpha value is -1.32. The van der Waals surface area contributed by atoms with E-state index < -0.39 is 0 Å². The first kappa shape index (κ1) is 19.7. The molecule has 1 aromatic rings. The Morgan fingerprint density at radius 3 is 2.35 bits per heavy atom. The van der Waals surface area contributed by atoms with Crippen LogP contribution in [-0.4, -0.2) is 22.0 Å². The maximum atomic E-state index is 12.2. The summed E-state index contributed by atoms with van der Waals surface area (Å²) in [6.07, 6.45) is 13.5. The van der Waals surface area contributed by atoms with Crippen molar-refractivity contribution < 1.29 is 4.79 Å². The van der Waals surface area contributed by atoms with Crippen LogP contribution >= 0.6 is 0 Å². The van der Waals surface area contributed by atoms with Crippen LogP contribution in [0.2, 0.25) is 0 Å². The molecular formula is C19H35N3O. The van der Waals surface area contributed by atoms with E-state index in [0.29, 0.717) is 5.69 Å². The van der Waals surface area contributed by atoms with Gasteiger partial charge in [0.05, 0.1) is 0 Å². The number of rotatable bonds is 13. The summed E-state index contributed by atoms with van der Waals surface area (Å²) in [7, 11) is 0. The van der Waals surface area contributed by atoms with Gasteiger partial charge in [-0.3, -0.25) is 4.79 Å². The van der Waals surface area contributed by atoms with Gasteiger partial charge in [0.15, 0.2) is 0 Å². The monoisotopic (exact) mass is 321 g/mol.